The highest BCUT2D eigenvalue weighted by Gasteiger charge is 2.21. The van der Waals surface area contributed by atoms with Gasteiger partial charge in [-0.25, -0.2) is 9.18 Å². The summed E-state index contributed by atoms with van der Waals surface area (Å²) in [5, 5.41) is 3.90. The van der Waals surface area contributed by atoms with Crippen molar-refractivity contribution in [3.05, 3.63) is 54.3 Å². The second-order valence-corrected chi connectivity index (χ2v) is 7.29. The van der Waals surface area contributed by atoms with Gasteiger partial charge in [0.25, 0.3) is 0 Å². The van der Waals surface area contributed by atoms with Crippen molar-refractivity contribution in [1.82, 2.24) is 20.0 Å². The molecule has 1 aromatic carbocycles. The van der Waals surface area contributed by atoms with E-state index in [9.17, 15) is 9.18 Å². The van der Waals surface area contributed by atoms with Crippen molar-refractivity contribution in [3.8, 4) is 22.6 Å². The van der Waals surface area contributed by atoms with E-state index in [-0.39, 0.29) is 18.3 Å². The molecule has 146 valence electrons. The minimum Gasteiger partial charge on any atom is -0.444 e. The van der Waals surface area contributed by atoms with Crippen molar-refractivity contribution in [2.75, 3.05) is 7.05 Å². The Bertz CT molecular complexity index is 964. The monoisotopic (exact) mass is 384 g/mol. The summed E-state index contributed by atoms with van der Waals surface area (Å²) in [6, 6.07) is 9.81. The van der Waals surface area contributed by atoms with E-state index in [1.807, 2.05) is 0 Å². The third-order valence-corrected chi connectivity index (χ3v) is 3.70. The largest absolute Gasteiger partial charge is 0.444 e. The van der Waals surface area contributed by atoms with Crippen LogP contribution >= 0.6 is 0 Å². The van der Waals surface area contributed by atoms with Crippen molar-refractivity contribution in [3.63, 3.8) is 0 Å². The van der Waals surface area contributed by atoms with Gasteiger partial charge >= 0.3 is 6.09 Å². The van der Waals surface area contributed by atoms with E-state index in [0.29, 0.717) is 11.5 Å². The van der Waals surface area contributed by atoms with Crippen molar-refractivity contribution >= 4 is 6.09 Å². The molecule has 28 heavy (non-hydrogen) atoms. The predicted octanol–water partition coefficient (Wildman–Crippen LogP) is 4.30. The maximum atomic E-state index is 13.4. The molecule has 0 saturated carbocycles. The van der Waals surface area contributed by atoms with Crippen LogP contribution in [0.15, 0.2) is 47.1 Å². The minimum absolute atomic E-state index is 0.114. The van der Waals surface area contributed by atoms with E-state index in [1.165, 1.54) is 17.0 Å². The molecule has 0 N–H and O–H groups in total. The summed E-state index contributed by atoms with van der Waals surface area (Å²) < 4.78 is 23.8. The van der Waals surface area contributed by atoms with E-state index in [4.69, 9.17) is 9.26 Å². The Labute approximate surface area is 162 Å². The maximum Gasteiger partial charge on any atom is 0.410 e. The van der Waals surface area contributed by atoms with Crippen molar-refractivity contribution in [2.45, 2.75) is 32.9 Å². The van der Waals surface area contributed by atoms with Crippen molar-refractivity contribution in [1.29, 1.82) is 0 Å². The smallest absolute Gasteiger partial charge is 0.410 e. The molecule has 0 saturated heterocycles. The maximum absolute atomic E-state index is 13.4. The number of pyridine rings is 1. The van der Waals surface area contributed by atoms with Crippen LogP contribution in [0.1, 0.15) is 26.7 Å². The third kappa shape index (κ3) is 4.91. The summed E-state index contributed by atoms with van der Waals surface area (Å²) in [4.78, 5) is 21.9. The highest BCUT2D eigenvalue weighted by atomic mass is 19.1. The third-order valence-electron chi connectivity index (χ3n) is 3.70. The van der Waals surface area contributed by atoms with Gasteiger partial charge in [0.2, 0.25) is 11.7 Å². The second kappa shape index (κ2) is 7.75. The van der Waals surface area contributed by atoms with Gasteiger partial charge in [0.15, 0.2) is 0 Å². The lowest BCUT2D eigenvalue weighted by atomic mass is 10.1. The van der Waals surface area contributed by atoms with Crippen LogP contribution in [0.4, 0.5) is 9.18 Å². The van der Waals surface area contributed by atoms with Crippen molar-refractivity contribution in [2.24, 2.45) is 0 Å². The van der Waals surface area contributed by atoms with Gasteiger partial charge in [-0.2, -0.15) is 4.98 Å². The predicted molar refractivity (Wildman–Crippen MR) is 101 cm³/mol. The number of benzene rings is 1. The number of ether oxygens (including phenoxy) is 1. The number of rotatable bonds is 4. The fourth-order valence-electron chi connectivity index (χ4n) is 2.40. The molecule has 0 unspecified atom stereocenters. The zero-order chi connectivity index (χ0) is 20.3. The van der Waals surface area contributed by atoms with Gasteiger partial charge in [0, 0.05) is 18.8 Å². The normalized spacial score (nSPS) is 11.3. The number of aromatic nitrogens is 3. The molecule has 0 bridgehead atoms. The Morgan fingerprint density at radius 2 is 2.00 bits per heavy atom. The van der Waals surface area contributed by atoms with Gasteiger partial charge in [0.1, 0.15) is 23.7 Å². The lowest BCUT2D eigenvalue weighted by Crippen LogP contribution is -2.33. The number of hydrogen-bond acceptors (Lipinski definition) is 6. The average molecular weight is 384 g/mol. The fourth-order valence-corrected chi connectivity index (χ4v) is 2.40. The van der Waals surface area contributed by atoms with E-state index in [1.54, 1.807) is 58.3 Å². The first-order chi connectivity index (χ1) is 13.2. The summed E-state index contributed by atoms with van der Waals surface area (Å²) in [7, 11) is 1.59. The number of carbonyl (C=O) groups excluding carboxylic acids is 1. The summed E-state index contributed by atoms with van der Waals surface area (Å²) in [6.45, 7) is 5.50. The number of hydrogen-bond donors (Lipinski definition) is 0. The van der Waals surface area contributed by atoms with Crippen LogP contribution in [0, 0.1) is 5.82 Å². The molecule has 2 aromatic heterocycles. The average Bonchev–Trinajstić information content (AvgIpc) is 3.09. The molecule has 0 aliphatic rings. The summed E-state index contributed by atoms with van der Waals surface area (Å²) in [6.07, 6.45) is 1.14. The fraction of sp³-hybridized carbons (Fsp3) is 0.300. The molecule has 2 heterocycles. The summed E-state index contributed by atoms with van der Waals surface area (Å²) in [5.41, 5.74) is 1.43. The first-order valence-electron chi connectivity index (χ1n) is 8.70. The first kappa shape index (κ1) is 19.5. The first-order valence-corrected chi connectivity index (χ1v) is 8.70. The molecule has 3 aromatic rings. The topological polar surface area (TPSA) is 81.4 Å². The second-order valence-electron chi connectivity index (χ2n) is 7.29. The van der Waals surface area contributed by atoms with E-state index >= 15 is 0 Å². The Balaban J connectivity index is 1.69. The summed E-state index contributed by atoms with van der Waals surface area (Å²) in [5.74, 6) is 0.260. The highest BCUT2D eigenvalue weighted by Crippen LogP contribution is 2.22. The molecular weight excluding hydrogens is 363 g/mol. The molecule has 3 rings (SSSR count). The molecule has 0 spiro atoms. The lowest BCUT2D eigenvalue weighted by molar-refractivity contribution is 0.0268. The lowest BCUT2D eigenvalue weighted by Gasteiger charge is -2.23. The molecular formula is C20H21FN4O3. The van der Waals surface area contributed by atoms with E-state index < -0.39 is 11.7 Å². The van der Waals surface area contributed by atoms with E-state index in [2.05, 4.69) is 15.1 Å². The van der Waals surface area contributed by atoms with Crippen LogP contribution in [0.5, 0.6) is 0 Å². The van der Waals surface area contributed by atoms with Crippen molar-refractivity contribution < 1.29 is 18.4 Å². The number of halogens is 1. The quantitative estimate of drug-likeness (QED) is 0.667. The SMILES string of the molecule is CN(Cc1nc(-c2ccc(-c3cccc(F)c3)cn2)no1)C(=O)OC(C)(C)C. The van der Waals surface area contributed by atoms with Gasteiger partial charge in [-0.3, -0.25) is 4.98 Å². The minimum atomic E-state index is -0.585. The Morgan fingerprint density at radius 3 is 2.64 bits per heavy atom. The molecule has 1 amide bonds. The Morgan fingerprint density at radius 1 is 1.21 bits per heavy atom. The standard InChI is InChI=1S/C20H21FN4O3/c1-20(2,3)27-19(26)25(4)12-17-23-18(24-28-17)16-9-8-14(11-22-16)13-6-5-7-15(21)10-13/h5-11H,12H2,1-4H3. The Hall–Kier alpha value is -3.29. The summed E-state index contributed by atoms with van der Waals surface area (Å²) >= 11 is 0. The van der Waals surface area contributed by atoms with E-state index in [0.717, 1.165) is 11.1 Å². The zero-order valence-electron chi connectivity index (χ0n) is 16.1. The van der Waals surface area contributed by atoms with Crippen LogP contribution in [-0.2, 0) is 11.3 Å². The number of nitrogens with zero attached hydrogens (tertiary/aromatic N) is 4. The molecule has 0 aliphatic carbocycles. The zero-order valence-corrected chi connectivity index (χ0v) is 16.1. The van der Waals surface area contributed by atoms with Crippen LogP contribution in [0.2, 0.25) is 0 Å². The van der Waals surface area contributed by atoms with Gasteiger partial charge in [-0.1, -0.05) is 23.4 Å². The highest BCUT2D eigenvalue weighted by molar-refractivity contribution is 5.67. The number of carbonyl (C=O) groups is 1. The molecule has 8 heteroatoms. The van der Waals surface area contributed by atoms with Crippen LogP contribution in [0.25, 0.3) is 22.6 Å². The van der Waals surface area contributed by atoms with Crippen LogP contribution < -0.4 is 0 Å². The number of amides is 1. The molecule has 0 atom stereocenters. The molecule has 7 nitrogen and oxygen atoms in total. The Kier molecular flexibility index (Phi) is 5.39. The van der Waals surface area contributed by atoms with Gasteiger partial charge < -0.3 is 14.2 Å². The molecule has 0 radical (unpaired) electrons. The van der Waals surface area contributed by atoms with Crippen LogP contribution in [0.3, 0.4) is 0 Å². The van der Waals surface area contributed by atoms with Gasteiger partial charge in [-0.15, -0.1) is 0 Å². The molecule has 0 aliphatic heterocycles. The molecule has 0 fully saturated rings. The van der Waals surface area contributed by atoms with Gasteiger partial charge in [0.05, 0.1) is 0 Å². The van der Waals surface area contributed by atoms with Gasteiger partial charge in [-0.05, 0) is 44.5 Å². The van der Waals surface area contributed by atoms with Crippen LogP contribution in [-0.4, -0.2) is 38.8 Å².